The Hall–Kier alpha value is -3.36. The van der Waals surface area contributed by atoms with E-state index in [1.54, 1.807) is 30.3 Å². The highest BCUT2D eigenvalue weighted by Gasteiger charge is 2.55. The van der Waals surface area contributed by atoms with Crippen LogP contribution in [0.2, 0.25) is 0 Å². The van der Waals surface area contributed by atoms with Crippen molar-refractivity contribution in [1.29, 1.82) is 0 Å². The van der Waals surface area contributed by atoms with Crippen LogP contribution in [0.25, 0.3) is 0 Å². The third-order valence-electron chi connectivity index (χ3n) is 5.01. The highest BCUT2D eigenvalue weighted by Crippen LogP contribution is 2.37. The summed E-state index contributed by atoms with van der Waals surface area (Å²) in [5.41, 5.74) is -0.635. The van der Waals surface area contributed by atoms with E-state index in [4.69, 9.17) is 14.2 Å². The van der Waals surface area contributed by atoms with Crippen LogP contribution >= 0.6 is 0 Å². The van der Waals surface area contributed by atoms with Crippen molar-refractivity contribution in [2.24, 2.45) is 0 Å². The fourth-order valence-electron chi connectivity index (χ4n) is 3.47. The molecule has 28 heavy (non-hydrogen) atoms. The number of hydrogen-bond acceptors (Lipinski definition) is 8. The molecule has 146 valence electrons. The Bertz CT molecular complexity index is 874. The van der Waals surface area contributed by atoms with Crippen molar-refractivity contribution < 1.29 is 23.8 Å². The van der Waals surface area contributed by atoms with Crippen LogP contribution in [0, 0.1) is 0 Å². The highest BCUT2D eigenvalue weighted by molar-refractivity contribution is 6.20. The lowest BCUT2D eigenvalue weighted by molar-refractivity contribution is -0.131. The lowest BCUT2D eigenvalue weighted by Crippen LogP contribution is -2.50. The molecule has 9 nitrogen and oxygen atoms in total. The summed E-state index contributed by atoms with van der Waals surface area (Å²) in [5, 5.41) is 0. The van der Waals surface area contributed by atoms with Crippen LogP contribution in [0.3, 0.4) is 0 Å². The Labute approximate surface area is 161 Å². The van der Waals surface area contributed by atoms with Gasteiger partial charge in [0.2, 0.25) is 17.7 Å². The van der Waals surface area contributed by atoms with Crippen LogP contribution in [0.1, 0.15) is 12.8 Å². The topological polar surface area (TPSA) is 94.1 Å². The normalized spacial score (nSPS) is 18.4. The molecule has 2 aromatic rings. The molecule has 9 heteroatoms. The first-order valence-electron chi connectivity index (χ1n) is 8.91. The summed E-state index contributed by atoms with van der Waals surface area (Å²) in [6, 6.07) is 10.4. The molecule has 1 aromatic carbocycles. The van der Waals surface area contributed by atoms with Crippen molar-refractivity contribution in [3.8, 4) is 11.8 Å². The number of anilines is 2. The number of benzene rings is 1. The molecular formula is C19H20N4O5. The van der Waals surface area contributed by atoms with Crippen molar-refractivity contribution in [2.75, 3.05) is 37.1 Å². The minimum absolute atomic E-state index is 0.326. The molecule has 1 aromatic heterocycles. The molecule has 2 saturated heterocycles. The third-order valence-corrected chi connectivity index (χ3v) is 5.01. The number of nitrogens with zero attached hydrogens (tertiary/aromatic N) is 4. The van der Waals surface area contributed by atoms with Crippen molar-refractivity contribution >= 4 is 23.6 Å². The van der Waals surface area contributed by atoms with Crippen molar-refractivity contribution in [3.05, 3.63) is 36.4 Å². The zero-order valence-electron chi connectivity index (χ0n) is 15.6. The molecule has 0 saturated carbocycles. The van der Waals surface area contributed by atoms with Gasteiger partial charge in [0, 0.05) is 25.9 Å². The van der Waals surface area contributed by atoms with E-state index in [1.807, 2.05) is 11.0 Å². The van der Waals surface area contributed by atoms with Gasteiger partial charge < -0.3 is 19.1 Å². The summed E-state index contributed by atoms with van der Waals surface area (Å²) in [5.74, 6) is 0.900. The van der Waals surface area contributed by atoms with E-state index in [9.17, 15) is 9.59 Å². The van der Waals surface area contributed by atoms with Gasteiger partial charge in [0.25, 0.3) is 5.91 Å². The molecule has 2 amide bonds. The molecule has 0 atom stereocenters. The zero-order valence-corrected chi connectivity index (χ0v) is 15.6. The second-order valence-electron chi connectivity index (χ2n) is 6.58. The minimum Gasteiger partial charge on any atom is -0.481 e. The molecule has 0 bridgehead atoms. The Kier molecular flexibility index (Phi) is 4.50. The zero-order chi connectivity index (χ0) is 19.7. The standard InChI is InChI=1S/C19H20N4O5/c1-26-14-12-15(27-2)21-17(20-14)22-10-8-19(9-11-22)16(24)23(18(25)28-19)13-6-4-3-5-7-13/h3-7,12H,8-11H2,1-2H3. The predicted molar refractivity (Wildman–Crippen MR) is 99.7 cm³/mol. The van der Waals surface area contributed by atoms with Gasteiger partial charge in [-0.05, 0) is 12.1 Å². The molecule has 2 fully saturated rings. The van der Waals surface area contributed by atoms with Gasteiger partial charge in [-0.3, -0.25) is 4.79 Å². The number of aromatic nitrogens is 2. The van der Waals surface area contributed by atoms with Crippen LogP contribution < -0.4 is 19.3 Å². The average molecular weight is 384 g/mol. The number of carbonyl (C=O) groups is 2. The number of rotatable bonds is 4. The lowest BCUT2D eigenvalue weighted by Gasteiger charge is -2.36. The van der Waals surface area contributed by atoms with Crippen LogP contribution in [-0.4, -0.2) is 54.9 Å². The number of methoxy groups -OCH3 is 2. The summed E-state index contributed by atoms with van der Waals surface area (Å²) in [7, 11) is 3.04. The minimum atomic E-state index is -1.15. The summed E-state index contributed by atoms with van der Waals surface area (Å²) < 4.78 is 15.9. The summed E-state index contributed by atoms with van der Waals surface area (Å²) in [4.78, 5) is 37.1. The number of para-hydroxylation sites is 1. The number of hydrogen-bond donors (Lipinski definition) is 0. The van der Waals surface area contributed by atoms with E-state index in [2.05, 4.69) is 9.97 Å². The summed E-state index contributed by atoms with van der Waals surface area (Å²) >= 11 is 0. The highest BCUT2D eigenvalue weighted by atomic mass is 16.6. The monoisotopic (exact) mass is 384 g/mol. The Morgan fingerprint density at radius 3 is 2.18 bits per heavy atom. The average Bonchev–Trinajstić information content (AvgIpc) is 2.98. The van der Waals surface area contributed by atoms with E-state index in [-0.39, 0.29) is 5.91 Å². The SMILES string of the molecule is COc1cc(OC)nc(N2CCC3(CC2)OC(=O)N(c2ccccc2)C3=O)n1. The second kappa shape index (κ2) is 6.99. The molecular weight excluding hydrogens is 364 g/mol. The van der Waals surface area contributed by atoms with E-state index < -0.39 is 11.7 Å². The van der Waals surface area contributed by atoms with E-state index >= 15 is 0 Å². The second-order valence-corrected chi connectivity index (χ2v) is 6.58. The van der Waals surface area contributed by atoms with E-state index in [0.29, 0.717) is 49.3 Å². The number of carbonyl (C=O) groups excluding carboxylic acids is 2. The maximum Gasteiger partial charge on any atom is 0.422 e. The van der Waals surface area contributed by atoms with Gasteiger partial charge >= 0.3 is 6.09 Å². The van der Waals surface area contributed by atoms with Gasteiger partial charge in [-0.1, -0.05) is 18.2 Å². The molecule has 1 spiro atoms. The van der Waals surface area contributed by atoms with Gasteiger partial charge in [0.1, 0.15) is 0 Å². The summed E-state index contributed by atoms with van der Waals surface area (Å²) in [6.07, 6.45) is 0.0667. The van der Waals surface area contributed by atoms with Gasteiger partial charge in [-0.2, -0.15) is 9.97 Å². The maximum absolute atomic E-state index is 13.0. The first-order chi connectivity index (χ1) is 13.6. The molecule has 0 N–H and O–H groups in total. The van der Waals surface area contributed by atoms with Crippen molar-refractivity contribution in [1.82, 2.24) is 9.97 Å². The number of imide groups is 1. The largest absolute Gasteiger partial charge is 0.481 e. The van der Waals surface area contributed by atoms with E-state index in [0.717, 1.165) is 4.90 Å². The Morgan fingerprint density at radius 2 is 1.61 bits per heavy atom. The molecule has 2 aliphatic rings. The Morgan fingerprint density at radius 1 is 1.00 bits per heavy atom. The van der Waals surface area contributed by atoms with Crippen LogP contribution in [0.15, 0.2) is 36.4 Å². The molecule has 4 rings (SSSR count). The first kappa shape index (κ1) is 18.0. The molecule has 0 radical (unpaired) electrons. The van der Waals surface area contributed by atoms with E-state index in [1.165, 1.54) is 14.2 Å². The predicted octanol–water partition coefficient (Wildman–Crippen LogP) is 2.02. The fraction of sp³-hybridized carbons (Fsp3) is 0.368. The molecule has 2 aliphatic heterocycles. The third kappa shape index (κ3) is 2.98. The molecule has 0 aliphatic carbocycles. The maximum atomic E-state index is 13.0. The van der Waals surface area contributed by atoms with Crippen molar-refractivity contribution in [2.45, 2.75) is 18.4 Å². The van der Waals surface area contributed by atoms with Crippen molar-refractivity contribution in [3.63, 3.8) is 0 Å². The fourth-order valence-corrected chi connectivity index (χ4v) is 3.47. The molecule has 3 heterocycles. The van der Waals surface area contributed by atoms with Gasteiger partial charge in [-0.15, -0.1) is 0 Å². The van der Waals surface area contributed by atoms with Gasteiger partial charge in [-0.25, -0.2) is 9.69 Å². The van der Waals surface area contributed by atoms with Crippen LogP contribution in [0.5, 0.6) is 11.8 Å². The lowest BCUT2D eigenvalue weighted by atomic mass is 9.90. The number of ether oxygens (including phenoxy) is 3. The number of piperidine rings is 1. The smallest absolute Gasteiger partial charge is 0.422 e. The van der Waals surface area contributed by atoms with Gasteiger partial charge in [0.15, 0.2) is 5.60 Å². The van der Waals surface area contributed by atoms with Gasteiger partial charge in [0.05, 0.1) is 26.0 Å². The Balaban J connectivity index is 1.53. The first-order valence-corrected chi connectivity index (χ1v) is 8.91. The summed E-state index contributed by atoms with van der Waals surface area (Å²) in [6.45, 7) is 0.913. The number of amides is 2. The van der Waals surface area contributed by atoms with Crippen LogP contribution in [-0.2, 0) is 9.53 Å². The molecule has 0 unspecified atom stereocenters. The van der Waals surface area contributed by atoms with Crippen LogP contribution in [0.4, 0.5) is 16.4 Å². The quantitative estimate of drug-likeness (QED) is 0.790.